The average Bonchev–Trinajstić information content (AvgIpc) is 3.14. The molecule has 1 heterocycles. The number of carbonyl (C=O) groups is 1. The Labute approximate surface area is 182 Å². The molecule has 3 rings (SSSR count). The van der Waals surface area contributed by atoms with Crippen LogP contribution in [0.4, 0.5) is 9.52 Å². The van der Waals surface area contributed by atoms with E-state index in [0.717, 1.165) is 9.60 Å². The van der Waals surface area contributed by atoms with E-state index in [1.807, 2.05) is 19.0 Å². The van der Waals surface area contributed by atoms with E-state index in [1.165, 1.54) is 35.2 Å². The molecular formula is C20H21ClFN3O2S2. The molecule has 2 aromatic carbocycles. The van der Waals surface area contributed by atoms with E-state index in [4.69, 9.17) is 16.3 Å². The fraction of sp³-hybridized carbons (Fsp3) is 0.300. The number of hydrogen-bond acceptors (Lipinski definition) is 6. The van der Waals surface area contributed by atoms with Gasteiger partial charge in [-0.15, -0.1) is 11.8 Å². The SMILES string of the molecule is COc1ccc(Cl)c2sc(N(CCN(C)C)C(=O)CSc3ccc(F)cc3)nc12. The summed E-state index contributed by atoms with van der Waals surface area (Å²) < 4.78 is 19.3. The Morgan fingerprint density at radius 1 is 1.21 bits per heavy atom. The summed E-state index contributed by atoms with van der Waals surface area (Å²) in [5.41, 5.74) is 0.647. The van der Waals surface area contributed by atoms with E-state index in [0.29, 0.717) is 34.5 Å². The molecule has 3 aromatic rings. The first-order valence-electron chi connectivity index (χ1n) is 8.85. The number of ether oxygens (including phenoxy) is 1. The van der Waals surface area contributed by atoms with E-state index in [2.05, 4.69) is 4.98 Å². The molecule has 0 radical (unpaired) electrons. The molecule has 0 atom stereocenters. The number of hydrogen-bond donors (Lipinski definition) is 0. The molecule has 5 nitrogen and oxygen atoms in total. The number of anilines is 1. The fourth-order valence-corrected chi connectivity index (χ4v) is 4.68. The number of aromatic nitrogens is 1. The first-order valence-corrected chi connectivity index (χ1v) is 11.0. The first-order chi connectivity index (χ1) is 13.9. The minimum Gasteiger partial charge on any atom is -0.494 e. The zero-order valence-corrected chi connectivity index (χ0v) is 18.7. The average molecular weight is 454 g/mol. The van der Waals surface area contributed by atoms with Crippen molar-refractivity contribution in [1.29, 1.82) is 0 Å². The highest BCUT2D eigenvalue weighted by atomic mass is 35.5. The van der Waals surface area contributed by atoms with Gasteiger partial charge in [-0.1, -0.05) is 22.9 Å². The summed E-state index contributed by atoms with van der Waals surface area (Å²) >= 11 is 9.07. The highest BCUT2D eigenvalue weighted by Crippen LogP contribution is 2.38. The van der Waals surface area contributed by atoms with Crippen molar-refractivity contribution in [2.75, 3.05) is 44.9 Å². The lowest BCUT2D eigenvalue weighted by atomic mass is 10.3. The van der Waals surface area contributed by atoms with Gasteiger partial charge in [0, 0.05) is 18.0 Å². The number of benzene rings is 2. The molecule has 0 aliphatic carbocycles. The van der Waals surface area contributed by atoms with E-state index < -0.39 is 0 Å². The Kier molecular flexibility index (Phi) is 7.34. The van der Waals surface area contributed by atoms with Crippen LogP contribution in [0.5, 0.6) is 5.75 Å². The van der Waals surface area contributed by atoms with Gasteiger partial charge >= 0.3 is 0 Å². The second-order valence-electron chi connectivity index (χ2n) is 6.52. The molecule has 0 spiro atoms. The maximum atomic E-state index is 13.1. The van der Waals surface area contributed by atoms with Gasteiger partial charge in [-0.2, -0.15) is 0 Å². The van der Waals surface area contributed by atoms with Crippen molar-refractivity contribution in [1.82, 2.24) is 9.88 Å². The lowest BCUT2D eigenvalue weighted by Crippen LogP contribution is -2.37. The molecule has 0 saturated heterocycles. The van der Waals surface area contributed by atoms with E-state index in [-0.39, 0.29) is 17.5 Å². The minimum absolute atomic E-state index is 0.0738. The van der Waals surface area contributed by atoms with Crippen LogP contribution in [0.3, 0.4) is 0 Å². The van der Waals surface area contributed by atoms with Gasteiger partial charge in [-0.3, -0.25) is 9.69 Å². The maximum absolute atomic E-state index is 13.1. The van der Waals surface area contributed by atoms with E-state index >= 15 is 0 Å². The number of amides is 1. The molecule has 29 heavy (non-hydrogen) atoms. The number of carbonyl (C=O) groups excluding carboxylic acids is 1. The van der Waals surface area contributed by atoms with Crippen molar-refractivity contribution >= 4 is 56.0 Å². The van der Waals surface area contributed by atoms with Crippen molar-refractivity contribution in [2.24, 2.45) is 0 Å². The number of halogens is 2. The standard InChI is InChI=1S/C20H21ClFN3O2S2/c1-24(2)10-11-25(17(26)12-28-14-6-4-13(22)5-7-14)20-23-18-16(27-3)9-8-15(21)19(18)29-20/h4-9H,10-12H2,1-3H3. The largest absolute Gasteiger partial charge is 0.494 e. The molecule has 0 aliphatic heterocycles. The molecule has 0 unspecified atom stereocenters. The number of thiazole rings is 1. The zero-order valence-electron chi connectivity index (χ0n) is 16.3. The van der Waals surface area contributed by atoms with E-state index in [1.54, 1.807) is 36.3 Å². The van der Waals surface area contributed by atoms with Crippen molar-refractivity contribution in [3.05, 3.63) is 47.2 Å². The van der Waals surface area contributed by atoms with Crippen LogP contribution in [0, 0.1) is 5.82 Å². The molecule has 0 saturated carbocycles. The van der Waals surface area contributed by atoms with Crippen LogP contribution in [0.2, 0.25) is 5.02 Å². The predicted molar refractivity (Wildman–Crippen MR) is 119 cm³/mol. The number of likely N-dealkylation sites (N-methyl/N-ethyl adjacent to an activating group) is 1. The fourth-order valence-electron chi connectivity index (χ4n) is 2.60. The third-order valence-electron chi connectivity index (χ3n) is 4.15. The summed E-state index contributed by atoms with van der Waals surface area (Å²) in [5.74, 6) is 0.469. The van der Waals surface area contributed by atoms with Gasteiger partial charge in [-0.25, -0.2) is 9.37 Å². The number of methoxy groups -OCH3 is 1. The van der Waals surface area contributed by atoms with Gasteiger partial charge in [0.05, 0.1) is 22.6 Å². The second kappa shape index (κ2) is 9.75. The Balaban J connectivity index is 1.86. The van der Waals surface area contributed by atoms with Gasteiger partial charge in [0.15, 0.2) is 5.13 Å². The third-order valence-corrected chi connectivity index (χ3v) is 6.68. The molecule has 9 heteroatoms. The molecular weight excluding hydrogens is 433 g/mol. The maximum Gasteiger partial charge on any atom is 0.239 e. The molecule has 0 N–H and O–H groups in total. The van der Waals surface area contributed by atoms with Crippen LogP contribution >= 0.6 is 34.7 Å². The summed E-state index contributed by atoms with van der Waals surface area (Å²) in [6.07, 6.45) is 0. The van der Waals surface area contributed by atoms with Gasteiger partial charge in [0.1, 0.15) is 17.1 Å². The molecule has 0 fully saturated rings. The molecule has 154 valence electrons. The topological polar surface area (TPSA) is 45.7 Å². The Bertz CT molecular complexity index is 995. The van der Waals surface area contributed by atoms with Crippen molar-refractivity contribution in [3.63, 3.8) is 0 Å². The van der Waals surface area contributed by atoms with Crippen LogP contribution in [0.25, 0.3) is 10.2 Å². The van der Waals surface area contributed by atoms with Crippen LogP contribution < -0.4 is 9.64 Å². The Morgan fingerprint density at radius 3 is 2.59 bits per heavy atom. The van der Waals surface area contributed by atoms with Crippen LogP contribution in [-0.2, 0) is 4.79 Å². The van der Waals surface area contributed by atoms with Crippen molar-refractivity contribution in [3.8, 4) is 5.75 Å². The summed E-state index contributed by atoms with van der Waals surface area (Å²) in [7, 11) is 5.48. The number of rotatable bonds is 8. The summed E-state index contributed by atoms with van der Waals surface area (Å²) in [5, 5.41) is 1.16. The zero-order chi connectivity index (χ0) is 21.0. The minimum atomic E-state index is -0.298. The number of nitrogens with zero attached hydrogens (tertiary/aromatic N) is 3. The number of thioether (sulfide) groups is 1. The summed E-state index contributed by atoms with van der Waals surface area (Å²) in [6, 6.07) is 9.64. The first kappa shape index (κ1) is 21.8. The van der Waals surface area contributed by atoms with Crippen molar-refractivity contribution in [2.45, 2.75) is 4.90 Å². The highest BCUT2D eigenvalue weighted by molar-refractivity contribution is 8.00. The molecule has 0 bridgehead atoms. The lowest BCUT2D eigenvalue weighted by molar-refractivity contribution is -0.116. The number of fused-ring (bicyclic) bond motifs is 1. The van der Waals surface area contributed by atoms with Crippen LogP contribution in [0.15, 0.2) is 41.3 Å². The normalized spacial score (nSPS) is 11.2. The third kappa shape index (κ3) is 5.39. The summed E-state index contributed by atoms with van der Waals surface area (Å²) in [6.45, 7) is 1.18. The smallest absolute Gasteiger partial charge is 0.239 e. The van der Waals surface area contributed by atoms with Gasteiger partial charge in [0.2, 0.25) is 5.91 Å². The molecule has 0 aliphatic rings. The Hall–Kier alpha value is -1.87. The summed E-state index contributed by atoms with van der Waals surface area (Å²) in [4.78, 5) is 22.2. The lowest BCUT2D eigenvalue weighted by Gasteiger charge is -2.21. The monoisotopic (exact) mass is 453 g/mol. The molecule has 1 aromatic heterocycles. The van der Waals surface area contributed by atoms with Gasteiger partial charge in [-0.05, 0) is 50.5 Å². The highest BCUT2D eigenvalue weighted by Gasteiger charge is 2.22. The predicted octanol–water partition coefficient (Wildman–Crippen LogP) is 4.78. The molecule has 1 amide bonds. The van der Waals surface area contributed by atoms with Gasteiger partial charge in [0.25, 0.3) is 0 Å². The van der Waals surface area contributed by atoms with E-state index in [9.17, 15) is 9.18 Å². The second-order valence-corrected chi connectivity index (χ2v) is 8.95. The van der Waals surface area contributed by atoms with Crippen LogP contribution in [-0.4, -0.2) is 55.8 Å². The van der Waals surface area contributed by atoms with Crippen LogP contribution in [0.1, 0.15) is 0 Å². The quantitative estimate of drug-likeness (QED) is 0.459. The van der Waals surface area contributed by atoms with Crippen molar-refractivity contribution < 1.29 is 13.9 Å². The van der Waals surface area contributed by atoms with Gasteiger partial charge < -0.3 is 9.64 Å². The Morgan fingerprint density at radius 2 is 1.93 bits per heavy atom.